The van der Waals surface area contributed by atoms with Gasteiger partial charge < -0.3 is 14.5 Å². The minimum atomic E-state index is -4.42. The van der Waals surface area contributed by atoms with Crippen molar-refractivity contribution in [3.63, 3.8) is 0 Å². The molecule has 1 saturated carbocycles. The summed E-state index contributed by atoms with van der Waals surface area (Å²) < 4.78 is 48.0. The van der Waals surface area contributed by atoms with Gasteiger partial charge in [0.1, 0.15) is 4.88 Å². The lowest BCUT2D eigenvalue weighted by Gasteiger charge is -2.33. The molecule has 218 valence electrons. The molecule has 11 heteroatoms. The van der Waals surface area contributed by atoms with Crippen molar-refractivity contribution in [3.05, 3.63) is 69.9 Å². The number of nitrogens with zero attached hydrogens (tertiary/aromatic N) is 4. The first-order valence-corrected chi connectivity index (χ1v) is 15.1. The minimum Gasteiger partial charge on any atom is -0.462 e. The second kappa shape index (κ2) is 11.2. The number of carbonyl (C=O) groups excluding carboxylic acids is 2. The highest BCUT2D eigenvalue weighted by atomic mass is 32.1. The van der Waals surface area contributed by atoms with Crippen LogP contribution in [0.25, 0.3) is 0 Å². The molecule has 1 unspecified atom stereocenters. The van der Waals surface area contributed by atoms with Crippen molar-refractivity contribution in [2.75, 3.05) is 37.7 Å². The van der Waals surface area contributed by atoms with E-state index in [9.17, 15) is 22.8 Å². The maximum Gasteiger partial charge on any atom is 0.416 e. The SMILES string of the molecule is CCOC(=O)c1ccc(N2CCC(n3ncc(C(=O)N4CCC(c5ccccc5C(F)(F)F)C4)c3C3CC3)CC2)s1. The molecule has 1 aromatic carbocycles. The number of piperidine rings is 1. The lowest BCUT2D eigenvalue weighted by atomic mass is 9.93. The molecule has 1 amide bonds. The molecule has 1 aliphatic carbocycles. The van der Waals surface area contributed by atoms with Crippen molar-refractivity contribution in [1.29, 1.82) is 0 Å². The van der Waals surface area contributed by atoms with Crippen LogP contribution in [-0.2, 0) is 10.9 Å². The van der Waals surface area contributed by atoms with E-state index in [1.165, 1.54) is 23.5 Å². The van der Waals surface area contributed by atoms with Crippen LogP contribution in [-0.4, -0.2) is 59.3 Å². The number of ether oxygens (including phenoxy) is 1. The van der Waals surface area contributed by atoms with E-state index in [1.807, 2.05) is 16.8 Å². The van der Waals surface area contributed by atoms with Crippen molar-refractivity contribution in [1.82, 2.24) is 14.7 Å². The zero-order valence-electron chi connectivity index (χ0n) is 22.9. The van der Waals surface area contributed by atoms with E-state index < -0.39 is 11.7 Å². The number of benzene rings is 1. The fourth-order valence-electron chi connectivity index (χ4n) is 6.21. The Morgan fingerprint density at radius 1 is 1.00 bits per heavy atom. The number of halogens is 3. The van der Waals surface area contributed by atoms with Crippen LogP contribution < -0.4 is 4.90 Å². The first-order valence-electron chi connectivity index (χ1n) is 14.3. The van der Waals surface area contributed by atoms with Crippen LogP contribution in [0.15, 0.2) is 42.6 Å². The highest BCUT2D eigenvalue weighted by molar-refractivity contribution is 7.17. The summed E-state index contributed by atoms with van der Waals surface area (Å²) in [5, 5.41) is 5.75. The van der Waals surface area contributed by atoms with Gasteiger partial charge >= 0.3 is 12.1 Å². The first-order chi connectivity index (χ1) is 19.7. The van der Waals surface area contributed by atoms with Crippen LogP contribution in [0, 0.1) is 0 Å². The number of rotatable bonds is 7. The van der Waals surface area contributed by atoms with Gasteiger partial charge in [0, 0.05) is 38.0 Å². The Morgan fingerprint density at radius 3 is 2.46 bits per heavy atom. The topological polar surface area (TPSA) is 67.7 Å². The molecule has 3 aliphatic rings. The van der Waals surface area contributed by atoms with Gasteiger partial charge in [-0.25, -0.2) is 4.79 Å². The van der Waals surface area contributed by atoms with E-state index in [0.29, 0.717) is 35.9 Å². The van der Waals surface area contributed by atoms with Crippen molar-refractivity contribution < 1.29 is 27.5 Å². The monoisotopic (exact) mass is 586 g/mol. The van der Waals surface area contributed by atoms with Gasteiger partial charge in [-0.05, 0) is 62.8 Å². The number of thiophene rings is 1. The Balaban J connectivity index is 1.14. The highest BCUT2D eigenvalue weighted by Crippen LogP contribution is 2.45. The van der Waals surface area contributed by atoms with E-state index in [0.717, 1.165) is 55.5 Å². The number of anilines is 1. The standard InChI is InChI=1S/C30H33F3N4O3S/c1-2-40-29(39)25-9-10-26(41-25)35-15-12-21(13-16-35)37-27(19-7-8-19)23(17-34-37)28(38)36-14-11-20(18-36)22-5-3-4-6-24(22)30(31,32)33/h3-6,9-10,17,19-21H,2,7-8,11-16,18H2,1H3. The van der Waals surface area contributed by atoms with Gasteiger partial charge in [0.05, 0.1) is 40.7 Å². The van der Waals surface area contributed by atoms with Gasteiger partial charge in [0.15, 0.2) is 0 Å². The quantitative estimate of drug-likeness (QED) is 0.296. The molecule has 0 N–H and O–H groups in total. The van der Waals surface area contributed by atoms with E-state index in [4.69, 9.17) is 9.84 Å². The molecule has 0 bridgehead atoms. The summed E-state index contributed by atoms with van der Waals surface area (Å²) in [6, 6.07) is 9.64. The lowest BCUT2D eigenvalue weighted by Crippen LogP contribution is -2.35. The lowest BCUT2D eigenvalue weighted by molar-refractivity contribution is -0.138. The van der Waals surface area contributed by atoms with Gasteiger partial charge in [0.2, 0.25) is 0 Å². The van der Waals surface area contributed by atoms with E-state index in [-0.39, 0.29) is 35.9 Å². The van der Waals surface area contributed by atoms with Crippen molar-refractivity contribution in [2.45, 2.75) is 63.1 Å². The van der Waals surface area contributed by atoms with Crippen molar-refractivity contribution in [3.8, 4) is 0 Å². The van der Waals surface area contributed by atoms with Gasteiger partial charge in [-0.1, -0.05) is 18.2 Å². The third kappa shape index (κ3) is 5.60. The zero-order chi connectivity index (χ0) is 28.7. The molecule has 3 fully saturated rings. The molecule has 2 saturated heterocycles. The maximum absolute atomic E-state index is 13.7. The predicted molar refractivity (Wildman–Crippen MR) is 150 cm³/mol. The number of likely N-dealkylation sites (tertiary alicyclic amines) is 1. The largest absolute Gasteiger partial charge is 0.462 e. The molecule has 7 nitrogen and oxygen atoms in total. The van der Waals surface area contributed by atoms with Crippen LogP contribution in [0.1, 0.15) is 93.8 Å². The Hall–Kier alpha value is -3.34. The molecule has 0 radical (unpaired) electrons. The van der Waals surface area contributed by atoms with Crippen molar-refractivity contribution >= 4 is 28.2 Å². The average molecular weight is 587 g/mol. The van der Waals surface area contributed by atoms with Crippen molar-refractivity contribution in [2.24, 2.45) is 0 Å². The predicted octanol–water partition coefficient (Wildman–Crippen LogP) is 6.49. The Bertz CT molecular complexity index is 1420. The number of esters is 1. The summed E-state index contributed by atoms with van der Waals surface area (Å²) >= 11 is 1.44. The molecule has 2 aliphatic heterocycles. The molecule has 0 spiro atoms. The normalized spacial score (nSPS) is 20.0. The number of amides is 1. The van der Waals surface area contributed by atoms with Gasteiger partial charge in [-0.15, -0.1) is 11.3 Å². The number of alkyl halides is 3. The van der Waals surface area contributed by atoms with E-state index >= 15 is 0 Å². The number of hydrogen-bond donors (Lipinski definition) is 0. The summed E-state index contributed by atoms with van der Waals surface area (Å²) in [5.74, 6) is -0.478. The van der Waals surface area contributed by atoms with Crippen LogP contribution >= 0.6 is 11.3 Å². The fourth-order valence-corrected chi connectivity index (χ4v) is 7.16. The molecular formula is C30H33F3N4O3S. The molecule has 1 atom stereocenters. The number of carbonyl (C=O) groups is 2. The van der Waals surface area contributed by atoms with Crippen LogP contribution in [0.3, 0.4) is 0 Å². The minimum absolute atomic E-state index is 0.132. The fraction of sp³-hybridized carbons (Fsp3) is 0.500. The maximum atomic E-state index is 13.7. The van der Waals surface area contributed by atoms with Crippen LogP contribution in [0.2, 0.25) is 0 Å². The Labute approximate surface area is 240 Å². The second-order valence-corrected chi connectivity index (χ2v) is 12.1. The molecule has 2 aromatic heterocycles. The van der Waals surface area contributed by atoms with Gasteiger partial charge in [-0.2, -0.15) is 18.3 Å². The van der Waals surface area contributed by atoms with Gasteiger partial charge in [-0.3, -0.25) is 9.48 Å². The molecule has 41 heavy (non-hydrogen) atoms. The highest BCUT2D eigenvalue weighted by Gasteiger charge is 2.40. The zero-order valence-corrected chi connectivity index (χ0v) is 23.7. The van der Waals surface area contributed by atoms with E-state index in [2.05, 4.69) is 4.90 Å². The van der Waals surface area contributed by atoms with Crippen LogP contribution in [0.5, 0.6) is 0 Å². The first kappa shape index (κ1) is 27.8. The summed E-state index contributed by atoms with van der Waals surface area (Å²) in [6.07, 6.45) is 1.51. The van der Waals surface area contributed by atoms with Crippen LogP contribution in [0.4, 0.5) is 18.2 Å². The summed E-state index contributed by atoms with van der Waals surface area (Å²) in [7, 11) is 0. The summed E-state index contributed by atoms with van der Waals surface area (Å²) in [6.45, 7) is 4.47. The Morgan fingerprint density at radius 2 is 1.76 bits per heavy atom. The summed E-state index contributed by atoms with van der Waals surface area (Å²) in [5.41, 5.74) is 1.22. The summed E-state index contributed by atoms with van der Waals surface area (Å²) in [4.78, 5) is 30.3. The van der Waals surface area contributed by atoms with E-state index in [1.54, 1.807) is 24.1 Å². The molecule has 6 rings (SSSR count). The van der Waals surface area contributed by atoms with Gasteiger partial charge in [0.25, 0.3) is 5.91 Å². The molecular weight excluding hydrogens is 553 g/mol. The smallest absolute Gasteiger partial charge is 0.416 e. The number of aromatic nitrogens is 2. The molecule has 4 heterocycles. The average Bonchev–Trinajstić information content (AvgIpc) is 3.35. The number of hydrogen-bond acceptors (Lipinski definition) is 6. The third-order valence-corrected chi connectivity index (χ3v) is 9.53. The third-order valence-electron chi connectivity index (χ3n) is 8.40. The Kier molecular flexibility index (Phi) is 7.56. The second-order valence-electron chi connectivity index (χ2n) is 11.1. The molecule has 3 aromatic rings.